The van der Waals surface area contributed by atoms with Crippen molar-refractivity contribution in [1.82, 2.24) is 0 Å². The molecule has 0 saturated heterocycles. The molecule has 0 fully saturated rings. The van der Waals surface area contributed by atoms with E-state index in [0.717, 1.165) is 0 Å². The Bertz CT molecular complexity index is 556. The highest BCUT2D eigenvalue weighted by molar-refractivity contribution is 7.70. The van der Waals surface area contributed by atoms with Gasteiger partial charge in [0.2, 0.25) is 0 Å². The van der Waals surface area contributed by atoms with Crippen molar-refractivity contribution in [2.45, 2.75) is 6.92 Å². The third-order valence-electron chi connectivity index (χ3n) is 2.17. The maximum atomic E-state index is 11.7. The quantitative estimate of drug-likeness (QED) is 0.574. The van der Waals surface area contributed by atoms with Crippen molar-refractivity contribution >= 4 is 19.3 Å². The van der Waals surface area contributed by atoms with Gasteiger partial charge >= 0.3 is 19.3 Å². The number of hydrogen-bond donors (Lipinski definition) is 2. The Kier molecular flexibility index (Phi) is 6.51. The van der Waals surface area contributed by atoms with Crippen molar-refractivity contribution < 1.29 is 38.2 Å². The zero-order valence-corrected chi connectivity index (χ0v) is 12.1. The van der Waals surface area contributed by atoms with Crippen LogP contribution in [-0.4, -0.2) is 41.5 Å². The highest BCUT2D eigenvalue weighted by atomic mass is 31.2. The molecule has 0 radical (unpaired) electrons. The Morgan fingerprint density at radius 2 is 1.95 bits per heavy atom. The van der Waals surface area contributed by atoms with Gasteiger partial charge in [-0.1, -0.05) is 12.1 Å². The Hall–Kier alpha value is -1.73. The number of carbonyl (C=O) groups excluding carboxylic acids is 2. The summed E-state index contributed by atoms with van der Waals surface area (Å²) in [5.41, 5.74) is -1.61. The molecule has 1 unspecified atom stereocenters. The average molecular weight is 318 g/mol. The average Bonchev–Trinajstić information content (AvgIpc) is 2.46. The fourth-order valence-corrected chi connectivity index (χ4v) is 1.95. The second-order valence-electron chi connectivity index (χ2n) is 3.66. The summed E-state index contributed by atoms with van der Waals surface area (Å²) in [4.78, 5) is 32.6. The summed E-state index contributed by atoms with van der Waals surface area (Å²) in [5.74, 6) is -0.951. The molecule has 2 N–H and O–H groups in total. The third kappa shape index (κ3) is 4.95. The van der Waals surface area contributed by atoms with Crippen LogP contribution in [0.5, 0.6) is 5.75 Å². The van der Waals surface area contributed by atoms with E-state index >= 15 is 0 Å². The van der Waals surface area contributed by atoms with Gasteiger partial charge in [0.25, 0.3) is 0 Å². The summed E-state index contributed by atoms with van der Waals surface area (Å²) in [6, 6.07) is 5.61. The Morgan fingerprint density at radius 1 is 1.29 bits per heavy atom. The van der Waals surface area contributed by atoms with E-state index in [0.29, 0.717) is 0 Å². The SMILES string of the molecule is CCOC(=O)c1ccccc1OC(=O)P(=O)(O)OCCO. The van der Waals surface area contributed by atoms with E-state index in [1.807, 2.05) is 0 Å². The first-order valence-electron chi connectivity index (χ1n) is 5.99. The zero-order valence-electron chi connectivity index (χ0n) is 11.2. The second-order valence-corrected chi connectivity index (χ2v) is 5.33. The van der Waals surface area contributed by atoms with Crippen LogP contribution < -0.4 is 4.74 Å². The highest BCUT2D eigenvalue weighted by Crippen LogP contribution is 2.44. The number of aliphatic hydroxyl groups is 1. The van der Waals surface area contributed by atoms with E-state index in [-0.39, 0.29) is 17.9 Å². The van der Waals surface area contributed by atoms with Crippen LogP contribution in [0.25, 0.3) is 0 Å². The molecule has 0 aliphatic carbocycles. The number of ether oxygens (including phenoxy) is 2. The molecule has 0 aliphatic heterocycles. The fraction of sp³-hybridized carbons (Fsp3) is 0.333. The summed E-state index contributed by atoms with van der Waals surface area (Å²) in [6.45, 7) is 0.704. The first-order chi connectivity index (χ1) is 9.92. The van der Waals surface area contributed by atoms with E-state index in [9.17, 15) is 19.0 Å². The lowest BCUT2D eigenvalue weighted by Crippen LogP contribution is -2.13. The number of aliphatic hydroxyl groups excluding tert-OH is 1. The van der Waals surface area contributed by atoms with Crippen LogP contribution in [0.4, 0.5) is 4.79 Å². The lowest BCUT2D eigenvalue weighted by molar-refractivity contribution is 0.0523. The van der Waals surface area contributed by atoms with E-state index < -0.39 is 32.5 Å². The Labute approximate surface area is 120 Å². The first kappa shape index (κ1) is 17.3. The van der Waals surface area contributed by atoms with Gasteiger partial charge in [0.15, 0.2) is 0 Å². The van der Waals surface area contributed by atoms with Crippen molar-refractivity contribution in [3.8, 4) is 5.75 Å². The maximum absolute atomic E-state index is 11.7. The van der Waals surface area contributed by atoms with Crippen LogP contribution in [0.3, 0.4) is 0 Å². The molecule has 1 aromatic carbocycles. The van der Waals surface area contributed by atoms with Crippen molar-refractivity contribution in [1.29, 1.82) is 0 Å². The van der Waals surface area contributed by atoms with Crippen LogP contribution in [-0.2, 0) is 13.8 Å². The minimum Gasteiger partial charge on any atom is -0.462 e. The molecule has 0 aromatic heterocycles. The molecule has 0 spiro atoms. The number of rotatable bonds is 7. The van der Waals surface area contributed by atoms with Crippen LogP contribution in [0.2, 0.25) is 0 Å². The van der Waals surface area contributed by atoms with Crippen LogP contribution >= 0.6 is 7.60 Å². The molecular weight excluding hydrogens is 303 g/mol. The molecule has 8 nitrogen and oxygen atoms in total. The van der Waals surface area contributed by atoms with Gasteiger partial charge in [0, 0.05) is 0 Å². The monoisotopic (exact) mass is 318 g/mol. The number of para-hydroxylation sites is 1. The van der Waals surface area contributed by atoms with Crippen molar-refractivity contribution in [3.05, 3.63) is 29.8 Å². The van der Waals surface area contributed by atoms with Gasteiger partial charge in [0.05, 0.1) is 19.8 Å². The molecule has 9 heteroatoms. The summed E-state index contributed by atoms with van der Waals surface area (Å²) in [7, 11) is -4.70. The van der Waals surface area contributed by atoms with Crippen molar-refractivity contribution in [2.24, 2.45) is 0 Å². The molecule has 21 heavy (non-hydrogen) atoms. The summed E-state index contributed by atoms with van der Waals surface area (Å²) in [6.07, 6.45) is 0. The van der Waals surface area contributed by atoms with Gasteiger partial charge in [-0.25, -0.2) is 14.2 Å². The number of hydrogen-bond acceptors (Lipinski definition) is 7. The lowest BCUT2D eigenvalue weighted by Gasteiger charge is -2.12. The molecule has 1 rings (SSSR count). The van der Waals surface area contributed by atoms with Crippen LogP contribution in [0, 0.1) is 0 Å². The normalized spacial score (nSPS) is 13.3. The number of carbonyl (C=O) groups is 2. The summed E-state index contributed by atoms with van der Waals surface area (Å²) in [5, 5.41) is 8.51. The molecule has 0 bridgehead atoms. The standard InChI is InChI=1S/C12H15O8P/c1-2-18-11(14)9-5-3-4-6-10(9)20-12(15)21(16,17)19-8-7-13/h3-6,13H,2,7-8H2,1H3,(H,16,17). The predicted molar refractivity (Wildman–Crippen MR) is 71.3 cm³/mol. The Balaban J connectivity index is 2.90. The lowest BCUT2D eigenvalue weighted by atomic mass is 10.2. The topological polar surface area (TPSA) is 119 Å². The van der Waals surface area contributed by atoms with E-state index in [4.69, 9.17) is 14.6 Å². The highest BCUT2D eigenvalue weighted by Gasteiger charge is 2.34. The molecule has 0 heterocycles. The third-order valence-corrected chi connectivity index (χ3v) is 3.25. The van der Waals surface area contributed by atoms with E-state index in [2.05, 4.69) is 4.52 Å². The molecular formula is C12H15O8P. The molecule has 1 atom stereocenters. The van der Waals surface area contributed by atoms with Gasteiger partial charge in [-0.3, -0.25) is 4.52 Å². The fourth-order valence-electron chi connectivity index (χ4n) is 1.30. The molecule has 116 valence electrons. The summed E-state index contributed by atoms with van der Waals surface area (Å²) >= 11 is 0. The molecule has 0 saturated carbocycles. The van der Waals surface area contributed by atoms with Gasteiger partial charge in [0.1, 0.15) is 11.3 Å². The minimum atomic E-state index is -4.70. The van der Waals surface area contributed by atoms with Crippen molar-refractivity contribution in [3.63, 3.8) is 0 Å². The van der Waals surface area contributed by atoms with Crippen LogP contribution in [0.15, 0.2) is 24.3 Å². The number of esters is 1. The summed E-state index contributed by atoms with van der Waals surface area (Å²) < 4.78 is 25.3. The maximum Gasteiger partial charge on any atom is 0.436 e. The van der Waals surface area contributed by atoms with Crippen LogP contribution in [0.1, 0.15) is 17.3 Å². The van der Waals surface area contributed by atoms with Crippen molar-refractivity contribution in [2.75, 3.05) is 19.8 Å². The minimum absolute atomic E-state index is 0.0603. The predicted octanol–water partition coefficient (Wildman–Crippen LogP) is 1.56. The molecule has 1 aromatic rings. The van der Waals surface area contributed by atoms with Gasteiger partial charge in [-0.15, -0.1) is 0 Å². The molecule has 0 aliphatic rings. The zero-order chi connectivity index (χ0) is 15.9. The largest absolute Gasteiger partial charge is 0.462 e. The second kappa shape index (κ2) is 7.90. The smallest absolute Gasteiger partial charge is 0.436 e. The van der Waals surface area contributed by atoms with Gasteiger partial charge in [-0.05, 0) is 19.1 Å². The van der Waals surface area contributed by atoms with E-state index in [1.54, 1.807) is 6.92 Å². The van der Waals surface area contributed by atoms with E-state index in [1.165, 1.54) is 24.3 Å². The Morgan fingerprint density at radius 3 is 2.57 bits per heavy atom. The molecule has 0 amide bonds. The van der Waals surface area contributed by atoms with Gasteiger partial charge in [-0.2, -0.15) is 0 Å². The van der Waals surface area contributed by atoms with Gasteiger partial charge < -0.3 is 19.5 Å². The number of benzene rings is 1. The first-order valence-corrected chi connectivity index (χ1v) is 7.56.